The van der Waals surface area contributed by atoms with Crippen molar-refractivity contribution in [3.05, 3.63) is 33.8 Å². The molecule has 0 amide bonds. The molecule has 100 valence electrons. The summed E-state index contributed by atoms with van der Waals surface area (Å²) in [5.41, 5.74) is -0.0250. The topological polar surface area (TPSA) is 20.2 Å². The van der Waals surface area contributed by atoms with E-state index in [1.54, 1.807) is 11.8 Å². The lowest BCUT2D eigenvalue weighted by atomic mass is 10.0. The van der Waals surface area contributed by atoms with Crippen molar-refractivity contribution in [1.29, 1.82) is 0 Å². The average Bonchev–Trinajstić information content (AvgIpc) is 2.40. The van der Waals surface area contributed by atoms with E-state index >= 15 is 0 Å². The van der Waals surface area contributed by atoms with Gasteiger partial charge in [0, 0.05) is 17.2 Å². The fraction of sp³-hybridized carbons (Fsp3) is 0.538. The number of hydrogen-bond acceptors (Lipinski definition) is 2. The molecule has 2 unspecified atom stereocenters. The first-order valence-corrected chi connectivity index (χ1v) is 7.86. The van der Waals surface area contributed by atoms with Crippen LogP contribution in [0.15, 0.2) is 16.6 Å². The molecule has 1 aromatic carbocycles. The van der Waals surface area contributed by atoms with E-state index in [-0.39, 0.29) is 21.7 Å². The van der Waals surface area contributed by atoms with Crippen molar-refractivity contribution in [2.45, 2.75) is 37.0 Å². The quantitative estimate of drug-likeness (QED) is 0.844. The molecular weight excluding hydrogens is 322 g/mol. The van der Waals surface area contributed by atoms with Gasteiger partial charge in [0.15, 0.2) is 0 Å². The highest BCUT2D eigenvalue weighted by Gasteiger charge is 2.25. The molecule has 1 nitrogen and oxygen atoms in total. The molecule has 0 bridgehead atoms. The standard InChI is InChI=1S/C13H15BrF2OS/c14-9-4-5-10(15)8(13(9)16)7-11(17)12-3-1-2-6-18-12/h4-5,11-12,17H,1-3,6-7H2. The maximum atomic E-state index is 13.8. The van der Waals surface area contributed by atoms with Gasteiger partial charge >= 0.3 is 0 Å². The summed E-state index contributed by atoms with van der Waals surface area (Å²) in [5.74, 6) is -0.170. The summed E-state index contributed by atoms with van der Waals surface area (Å²) in [7, 11) is 0. The Balaban J connectivity index is 2.10. The highest BCUT2D eigenvalue weighted by atomic mass is 79.9. The Labute approximate surface area is 118 Å². The Morgan fingerprint density at radius 3 is 2.83 bits per heavy atom. The zero-order valence-corrected chi connectivity index (χ0v) is 12.2. The van der Waals surface area contributed by atoms with Gasteiger partial charge in [0.1, 0.15) is 11.6 Å². The summed E-state index contributed by atoms with van der Waals surface area (Å²) >= 11 is 4.74. The van der Waals surface area contributed by atoms with Crippen molar-refractivity contribution in [2.24, 2.45) is 0 Å². The normalized spacial score (nSPS) is 21.9. The molecule has 1 saturated heterocycles. The van der Waals surface area contributed by atoms with Crippen LogP contribution in [0.3, 0.4) is 0 Å². The highest BCUT2D eigenvalue weighted by molar-refractivity contribution is 9.10. The van der Waals surface area contributed by atoms with Crippen LogP contribution in [-0.2, 0) is 6.42 Å². The van der Waals surface area contributed by atoms with Gasteiger partial charge in [0.2, 0.25) is 0 Å². The third kappa shape index (κ3) is 3.25. The van der Waals surface area contributed by atoms with E-state index in [0.29, 0.717) is 0 Å². The van der Waals surface area contributed by atoms with Crippen molar-refractivity contribution < 1.29 is 13.9 Å². The number of aliphatic hydroxyl groups excluding tert-OH is 1. The molecule has 18 heavy (non-hydrogen) atoms. The Bertz CT molecular complexity index is 422. The van der Waals surface area contributed by atoms with Crippen molar-refractivity contribution >= 4 is 27.7 Å². The molecule has 1 aliphatic rings. The average molecular weight is 337 g/mol. The van der Waals surface area contributed by atoms with E-state index < -0.39 is 17.7 Å². The van der Waals surface area contributed by atoms with Crippen LogP contribution in [0, 0.1) is 11.6 Å². The fourth-order valence-corrected chi connectivity index (χ4v) is 3.86. The second kappa shape index (κ2) is 6.35. The first-order chi connectivity index (χ1) is 8.59. The lowest BCUT2D eigenvalue weighted by Crippen LogP contribution is -2.28. The number of thioether (sulfide) groups is 1. The van der Waals surface area contributed by atoms with Gasteiger partial charge in [-0.2, -0.15) is 11.8 Å². The van der Waals surface area contributed by atoms with Gasteiger partial charge in [-0.25, -0.2) is 8.78 Å². The molecule has 1 heterocycles. The summed E-state index contributed by atoms with van der Waals surface area (Å²) in [5, 5.41) is 10.2. The number of rotatable bonds is 3. The molecule has 0 radical (unpaired) electrons. The molecule has 0 aliphatic carbocycles. The molecule has 5 heteroatoms. The second-order valence-corrected chi connectivity index (χ2v) is 6.70. The van der Waals surface area contributed by atoms with E-state index in [0.717, 1.165) is 25.0 Å². The van der Waals surface area contributed by atoms with Crippen molar-refractivity contribution in [1.82, 2.24) is 0 Å². The van der Waals surface area contributed by atoms with Crippen LogP contribution < -0.4 is 0 Å². The van der Waals surface area contributed by atoms with Crippen molar-refractivity contribution in [3.8, 4) is 0 Å². The van der Waals surface area contributed by atoms with Gasteiger partial charge in [-0.3, -0.25) is 0 Å². The zero-order valence-electron chi connectivity index (χ0n) is 9.83. The van der Waals surface area contributed by atoms with Gasteiger partial charge in [0.25, 0.3) is 0 Å². The van der Waals surface area contributed by atoms with Crippen LogP contribution in [0.1, 0.15) is 24.8 Å². The second-order valence-electron chi connectivity index (χ2n) is 4.50. The molecule has 2 rings (SSSR count). The molecule has 1 N–H and O–H groups in total. The fourth-order valence-electron chi connectivity index (χ4n) is 2.17. The minimum absolute atomic E-state index is 0.0250. The van der Waals surface area contributed by atoms with E-state index in [1.807, 2.05) is 0 Å². The summed E-state index contributed by atoms with van der Waals surface area (Å²) < 4.78 is 27.6. The maximum Gasteiger partial charge on any atom is 0.143 e. The maximum absolute atomic E-state index is 13.8. The van der Waals surface area contributed by atoms with Gasteiger partial charge < -0.3 is 5.11 Å². The Hall–Kier alpha value is -0.130. The molecular formula is C13H15BrF2OS. The van der Waals surface area contributed by atoms with Crippen molar-refractivity contribution in [3.63, 3.8) is 0 Å². The number of hydrogen-bond donors (Lipinski definition) is 1. The molecule has 2 atom stereocenters. The van der Waals surface area contributed by atoms with Crippen LogP contribution in [0.5, 0.6) is 0 Å². The van der Waals surface area contributed by atoms with Crippen molar-refractivity contribution in [2.75, 3.05) is 5.75 Å². The third-order valence-corrected chi connectivity index (χ3v) is 5.31. The summed E-state index contributed by atoms with van der Waals surface area (Å²) in [6.45, 7) is 0. The Morgan fingerprint density at radius 2 is 2.17 bits per heavy atom. The van der Waals surface area contributed by atoms with Crippen LogP contribution in [0.4, 0.5) is 8.78 Å². The van der Waals surface area contributed by atoms with E-state index in [1.165, 1.54) is 12.1 Å². The lowest BCUT2D eigenvalue weighted by molar-refractivity contribution is 0.163. The summed E-state index contributed by atoms with van der Waals surface area (Å²) in [6.07, 6.45) is 2.51. The van der Waals surface area contributed by atoms with Gasteiger partial charge in [-0.05, 0) is 46.7 Å². The predicted octanol–water partition coefficient (Wildman–Crippen LogP) is 3.92. The van der Waals surface area contributed by atoms with Gasteiger partial charge in [-0.1, -0.05) is 6.42 Å². The summed E-state index contributed by atoms with van der Waals surface area (Å²) in [6, 6.07) is 2.57. The molecule has 0 saturated carbocycles. The highest BCUT2D eigenvalue weighted by Crippen LogP contribution is 2.30. The van der Waals surface area contributed by atoms with E-state index in [9.17, 15) is 13.9 Å². The molecule has 1 aromatic rings. The first-order valence-electron chi connectivity index (χ1n) is 6.01. The lowest BCUT2D eigenvalue weighted by Gasteiger charge is -2.26. The van der Waals surface area contributed by atoms with E-state index in [4.69, 9.17) is 0 Å². The monoisotopic (exact) mass is 336 g/mol. The van der Waals surface area contributed by atoms with Gasteiger partial charge in [0.05, 0.1) is 10.6 Å². The Morgan fingerprint density at radius 1 is 1.39 bits per heavy atom. The SMILES string of the molecule is OC(Cc1c(F)ccc(Br)c1F)C1CCCCS1. The summed E-state index contributed by atoms with van der Waals surface area (Å²) in [4.78, 5) is 0. The largest absolute Gasteiger partial charge is 0.392 e. The number of aliphatic hydroxyl groups is 1. The molecule has 1 aliphatic heterocycles. The Kier molecular flexibility index (Phi) is 5.04. The first kappa shape index (κ1) is 14.3. The van der Waals surface area contributed by atoms with Crippen LogP contribution >= 0.6 is 27.7 Å². The van der Waals surface area contributed by atoms with E-state index in [2.05, 4.69) is 15.9 Å². The number of halogens is 3. The molecule has 1 fully saturated rings. The van der Waals surface area contributed by atoms with Crippen LogP contribution in [-0.4, -0.2) is 22.2 Å². The minimum Gasteiger partial charge on any atom is -0.392 e. The molecule has 0 aromatic heterocycles. The number of benzene rings is 1. The predicted molar refractivity (Wildman–Crippen MR) is 73.9 cm³/mol. The molecule has 0 spiro atoms. The minimum atomic E-state index is -0.686. The zero-order chi connectivity index (χ0) is 13.1. The van der Waals surface area contributed by atoms with Gasteiger partial charge in [-0.15, -0.1) is 0 Å². The third-order valence-electron chi connectivity index (χ3n) is 3.20. The van der Waals surface area contributed by atoms with Crippen LogP contribution in [0.25, 0.3) is 0 Å². The smallest absolute Gasteiger partial charge is 0.143 e. The van der Waals surface area contributed by atoms with Crippen LogP contribution in [0.2, 0.25) is 0 Å².